The van der Waals surface area contributed by atoms with Crippen LogP contribution in [0.5, 0.6) is 5.75 Å². The van der Waals surface area contributed by atoms with Gasteiger partial charge in [-0.05, 0) is 98.0 Å². The SMILES string of the molecule is CCCCC[C@@H](CC[C@@H]1[C@H]2Cc3cccc(OCC(=O)OCCCC)c3C[C@H]2C[C@H]1O[Si](C)(C)C(C)(C)C)OCCO. The van der Waals surface area contributed by atoms with Gasteiger partial charge in [0.1, 0.15) is 5.75 Å². The van der Waals surface area contributed by atoms with E-state index in [0.717, 1.165) is 57.1 Å². The zero-order valence-electron chi connectivity index (χ0n) is 27.7. The Balaban J connectivity index is 1.77. The Morgan fingerprint density at radius 2 is 1.81 bits per heavy atom. The molecule has 1 N–H and O–H groups in total. The molecule has 42 heavy (non-hydrogen) atoms. The number of unbranched alkanes of at least 4 members (excludes halogenated alkanes) is 3. The molecule has 0 aromatic heterocycles. The topological polar surface area (TPSA) is 74.2 Å². The lowest BCUT2D eigenvalue weighted by molar-refractivity contribution is -0.146. The number of hydrogen-bond acceptors (Lipinski definition) is 6. The van der Waals surface area contributed by atoms with E-state index in [9.17, 15) is 9.90 Å². The average Bonchev–Trinajstić information content (AvgIpc) is 3.26. The van der Waals surface area contributed by atoms with Crippen molar-refractivity contribution in [1.82, 2.24) is 0 Å². The van der Waals surface area contributed by atoms with Gasteiger partial charge in [0.2, 0.25) is 0 Å². The van der Waals surface area contributed by atoms with Crippen LogP contribution in [-0.2, 0) is 31.5 Å². The summed E-state index contributed by atoms with van der Waals surface area (Å²) < 4.78 is 24.7. The standard InChI is InChI=1S/C35H60O6Si/c1-8-10-12-15-28(38-21-19-36)17-18-29-30-22-26-14-13-16-32(40-25-34(37)39-20-11-9-2)31(26)23-27(30)24-33(29)41-42(6,7)35(3,4)5/h13-14,16,27-30,33,36H,8-12,15,17-25H2,1-7H3/t27-,28-,29+,30-,33+/m0/s1. The van der Waals surface area contributed by atoms with Crippen LogP contribution in [0.4, 0.5) is 0 Å². The average molecular weight is 605 g/mol. The van der Waals surface area contributed by atoms with Crippen molar-refractivity contribution in [1.29, 1.82) is 0 Å². The van der Waals surface area contributed by atoms with Crippen LogP contribution in [0.25, 0.3) is 0 Å². The molecule has 3 rings (SSSR count). The van der Waals surface area contributed by atoms with Crippen molar-refractivity contribution in [2.45, 2.75) is 136 Å². The van der Waals surface area contributed by atoms with Crippen LogP contribution in [0.15, 0.2) is 18.2 Å². The molecule has 2 aliphatic rings. The molecule has 0 aliphatic heterocycles. The van der Waals surface area contributed by atoms with Crippen LogP contribution in [0, 0.1) is 17.8 Å². The molecule has 0 radical (unpaired) electrons. The molecule has 0 amide bonds. The smallest absolute Gasteiger partial charge is 0.344 e. The van der Waals surface area contributed by atoms with Crippen molar-refractivity contribution in [3.05, 3.63) is 29.3 Å². The Morgan fingerprint density at radius 3 is 2.50 bits per heavy atom. The number of esters is 1. The van der Waals surface area contributed by atoms with Crippen LogP contribution in [0.1, 0.15) is 104 Å². The third-order valence-corrected chi connectivity index (χ3v) is 14.6. The van der Waals surface area contributed by atoms with Crippen LogP contribution in [0.2, 0.25) is 18.1 Å². The second-order valence-corrected chi connectivity index (χ2v) is 19.0. The van der Waals surface area contributed by atoms with E-state index >= 15 is 0 Å². The number of hydrogen-bond donors (Lipinski definition) is 1. The van der Waals surface area contributed by atoms with Crippen molar-refractivity contribution in [3.8, 4) is 5.75 Å². The van der Waals surface area contributed by atoms with Gasteiger partial charge in [0.25, 0.3) is 0 Å². The lowest BCUT2D eigenvalue weighted by Crippen LogP contribution is -2.45. The molecule has 240 valence electrons. The molecule has 7 heteroatoms. The largest absolute Gasteiger partial charge is 0.482 e. The van der Waals surface area contributed by atoms with Gasteiger partial charge >= 0.3 is 5.97 Å². The molecule has 1 aromatic carbocycles. The number of ether oxygens (including phenoxy) is 3. The molecule has 1 saturated carbocycles. The summed E-state index contributed by atoms with van der Waals surface area (Å²) in [6.45, 7) is 17.0. The fraction of sp³-hybridized carbons (Fsp3) is 0.800. The van der Waals surface area contributed by atoms with Gasteiger partial charge < -0.3 is 23.7 Å². The number of rotatable bonds is 18. The first-order valence-electron chi connectivity index (χ1n) is 16.8. The van der Waals surface area contributed by atoms with Crippen molar-refractivity contribution in [2.75, 3.05) is 26.4 Å². The number of carbonyl (C=O) groups is 1. The fourth-order valence-electron chi connectivity index (χ4n) is 6.64. The lowest BCUT2D eigenvalue weighted by atomic mass is 9.73. The van der Waals surface area contributed by atoms with E-state index in [1.807, 2.05) is 6.07 Å². The monoisotopic (exact) mass is 604 g/mol. The highest BCUT2D eigenvalue weighted by molar-refractivity contribution is 6.74. The first-order valence-corrected chi connectivity index (χ1v) is 19.7. The summed E-state index contributed by atoms with van der Waals surface area (Å²) >= 11 is 0. The van der Waals surface area contributed by atoms with E-state index in [2.05, 4.69) is 59.8 Å². The van der Waals surface area contributed by atoms with E-state index in [0.29, 0.717) is 31.0 Å². The highest BCUT2D eigenvalue weighted by atomic mass is 28.4. The van der Waals surface area contributed by atoms with Crippen molar-refractivity contribution >= 4 is 14.3 Å². The van der Waals surface area contributed by atoms with Gasteiger partial charge in [-0.2, -0.15) is 0 Å². The second-order valence-electron chi connectivity index (χ2n) is 14.2. The molecule has 0 heterocycles. The van der Waals surface area contributed by atoms with E-state index < -0.39 is 8.32 Å². The molecule has 2 aliphatic carbocycles. The Bertz CT molecular complexity index is 957. The van der Waals surface area contributed by atoms with Gasteiger partial charge in [-0.25, -0.2) is 4.79 Å². The maximum atomic E-state index is 12.2. The van der Waals surface area contributed by atoms with Crippen LogP contribution in [-0.4, -0.2) is 58.0 Å². The highest BCUT2D eigenvalue weighted by Crippen LogP contribution is 2.51. The summed E-state index contributed by atoms with van der Waals surface area (Å²) in [7, 11) is -1.95. The number of aliphatic hydroxyl groups is 1. The minimum absolute atomic E-state index is 0.0404. The number of aliphatic hydroxyl groups excluding tert-OH is 1. The Hall–Kier alpha value is -1.41. The first kappa shape index (κ1) is 35.1. The molecule has 0 unspecified atom stereocenters. The summed E-state index contributed by atoms with van der Waals surface area (Å²) in [5, 5.41) is 9.58. The highest BCUT2D eigenvalue weighted by Gasteiger charge is 2.49. The minimum Gasteiger partial charge on any atom is -0.482 e. The van der Waals surface area contributed by atoms with E-state index in [1.165, 1.54) is 30.4 Å². The van der Waals surface area contributed by atoms with Crippen LogP contribution in [0.3, 0.4) is 0 Å². The Labute approximate surface area is 257 Å². The van der Waals surface area contributed by atoms with Gasteiger partial charge in [0.15, 0.2) is 14.9 Å². The number of carbonyl (C=O) groups excluding carboxylic acids is 1. The molecular formula is C35H60O6Si. The van der Waals surface area contributed by atoms with Gasteiger partial charge in [-0.1, -0.05) is 72.4 Å². The van der Waals surface area contributed by atoms with Gasteiger partial charge in [-0.15, -0.1) is 0 Å². The summed E-state index contributed by atoms with van der Waals surface area (Å²) in [5.74, 6) is 2.13. The van der Waals surface area contributed by atoms with Crippen molar-refractivity contribution in [2.24, 2.45) is 17.8 Å². The predicted octanol–water partition coefficient (Wildman–Crippen LogP) is 7.89. The molecule has 1 aromatic rings. The fourth-order valence-corrected chi connectivity index (χ4v) is 8.02. The minimum atomic E-state index is -1.95. The molecule has 6 nitrogen and oxygen atoms in total. The lowest BCUT2D eigenvalue weighted by Gasteiger charge is -2.40. The molecule has 1 fully saturated rings. The first-order chi connectivity index (χ1) is 20.0. The van der Waals surface area contributed by atoms with E-state index in [-0.39, 0.29) is 36.4 Å². The maximum absolute atomic E-state index is 12.2. The predicted molar refractivity (Wildman–Crippen MR) is 173 cm³/mol. The third kappa shape index (κ3) is 9.80. The third-order valence-electron chi connectivity index (χ3n) is 10.1. The van der Waals surface area contributed by atoms with Crippen LogP contribution < -0.4 is 4.74 Å². The van der Waals surface area contributed by atoms with Gasteiger partial charge in [-0.3, -0.25) is 0 Å². The maximum Gasteiger partial charge on any atom is 0.344 e. The molecular weight excluding hydrogens is 544 g/mol. The molecule has 5 atom stereocenters. The number of benzene rings is 1. The zero-order valence-corrected chi connectivity index (χ0v) is 28.7. The summed E-state index contributed by atoms with van der Waals surface area (Å²) in [6, 6.07) is 6.32. The second kappa shape index (κ2) is 16.6. The zero-order chi connectivity index (χ0) is 30.8. The number of fused-ring (bicyclic) bond motifs is 2. The normalized spacial score (nSPS) is 22.9. The summed E-state index contributed by atoms with van der Waals surface area (Å²) in [4.78, 5) is 12.2. The van der Waals surface area contributed by atoms with Crippen molar-refractivity contribution < 1.29 is 28.5 Å². The Kier molecular flexibility index (Phi) is 13.9. The molecule has 0 saturated heterocycles. The van der Waals surface area contributed by atoms with E-state index in [4.69, 9.17) is 18.6 Å². The molecule has 0 spiro atoms. The van der Waals surface area contributed by atoms with Gasteiger partial charge in [0, 0.05) is 6.10 Å². The van der Waals surface area contributed by atoms with Crippen molar-refractivity contribution in [3.63, 3.8) is 0 Å². The molecule has 0 bridgehead atoms. The Morgan fingerprint density at radius 1 is 1.05 bits per heavy atom. The summed E-state index contributed by atoms with van der Waals surface area (Å²) in [5.41, 5.74) is 2.61. The van der Waals surface area contributed by atoms with Crippen LogP contribution >= 0.6 is 0 Å². The quantitative estimate of drug-likeness (QED) is 0.104. The van der Waals surface area contributed by atoms with Gasteiger partial charge in [0.05, 0.1) is 25.9 Å². The summed E-state index contributed by atoms with van der Waals surface area (Å²) in [6.07, 6.45) is 12.2. The van der Waals surface area contributed by atoms with E-state index in [1.54, 1.807) is 0 Å².